The van der Waals surface area contributed by atoms with Gasteiger partial charge in [0.1, 0.15) is 5.75 Å². The van der Waals surface area contributed by atoms with E-state index < -0.39 is 22.0 Å². The van der Waals surface area contributed by atoms with E-state index in [2.05, 4.69) is 15.5 Å². The van der Waals surface area contributed by atoms with Crippen molar-refractivity contribution in [3.63, 3.8) is 0 Å². The number of nitrogens with one attached hydrogen (secondary N) is 1. The van der Waals surface area contributed by atoms with E-state index in [0.29, 0.717) is 11.4 Å². The minimum Gasteiger partial charge on any atom is -0.481 e. The molecule has 0 fully saturated rings. The van der Waals surface area contributed by atoms with Crippen molar-refractivity contribution in [1.82, 2.24) is 10.2 Å². The zero-order chi connectivity index (χ0) is 21.0. The lowest BCUT2D eigenvalue weighted by Gasteiger charge is -2.17. The lowest BCUT2D eigenvalue weighted by Crippen LogP contribution is -2.30. The molecule has 2 aromatic carbocycles. The molecule has 1 N–H and O–H groups in total. The first kappa shape index (κ1) is 20.7. The van der Waals surface area contributed by atoms with Crippen molar-refractivity contribution in [3.8, 4) is 5.75 Å². The summed E-state index contributed by atoms with van der Waals surface area (Å²) in [6.07, 6.45) is -0.795. The average molecular weight is 433 g/mol. The minimum absolute atomic E-state index is 0.0785. The van der Waals surface area contributed by atoms with Gasteiger partial charge in [0.05, 0.1) is 5.69 Å². The van der Waals surface area contributed by atoms with Gasteiger partial charge in [-0.15, -0.1) is 10.2 Å². The number of aryl methyl sites for hydroxylation is 1. The van der Waals surface area contributed by atoms with Crippen LogP contribution in [0.4, 0.5) is 10.8 Å². The van der Waals surface area contributed by atoms with E-state index in [-0.39, 0.29) is 9.47 Å². The van der Waals surface area contributed by atoms with Gasteiger partial charge in [0.15, 0.2) is 6.10 Å². The number of para-hydroxylation sites is 1. The largest absolute Gasteiger partial charge is 0.481 e. The molecule has 29 heavy (non-hydrogen) atoms. The normalized spacial score (nSPS) is 12.2. The number of anilines is 2. The van der Waals surface area contributed by atoms with Crippen LogP contribution in [0.15, 0.2) is 58.9 Å². The van der Waals surface area contributed by atoms with E-state index in [1.807, 2.05) is 19.1 Å². The highest BCUT2D eigenvalue weighted by Gasteiger charge is 2.27. The number of nitrogens with zero attached hydrogens (tertiary/aromatic N) is 3. The predicted molar refractivity (Wildman–Crippen MR) is 112 cm³/mol. The first-order valence-electron chi connectivity index (χ1n) is 8.69. The van der Waals surface area contributed by atoms with Gasteiger partial charge in [-0.25, -0.2) is 0 Å². The summed E-state index contributed by atoms with van der Waals surface area (Å²) in [5.74, 6) is 0.0939. The molecule has 0 saturated heterocycles. The molecule has 152 valence electrons. The van der Waals surface area contributed by atoms with Crippen molar-refractivity contribution < 1.29 is 17.9 Å². The fraction of sp³-hybridized carbons (Fsp3) is 0.211. The molecule has 8 nitrogen and oxygen atoms in total. The molecule has 0 bridgehead atoms. The summed E-state index contributed by atoms with van der Waals surface area (Å²) in [6, 6.07) is 16.0. The van der Waals surface area contributed by atoms with Gasteiger partial charge in [0.25, 0.3) is 20.3 Å². The van der Waals surface area contributed by atoms with Crippen molar-refractivity contribution >= 4 is 38.1 Å². The van der Waals surface area contributed by atoms with Crippen LogP contribution in [0.3, 0.4) is 0 Å². The van der Waals surface area contributed by atoms with Crippen LogP contribution >= 0.6 is 11.3 Å². The number of carbonyl (C=O) groups excluding carboxylic acids is 1. The van der Waals surface area contributed by atoms with Crippen LogP contribution in [0.2, 0.25) is 0 Å². The highest BCUT2D eigenvalue weighted by Crippen LogP contribution is 2.27. The smallest absolute Gasteiger partial charge is 0.293 e. The average Bonchev–Trinajstić information content (AvgIpc) is 3.17. The maximum absolute atomic E-state index is 12.8. The highest BCUT2D eigenvalue weighted by molar-refractivity contribution is 7.94. The molecular formula is C19H20N4O4S2. The molecule has 0 aliphatic rings. The molecule has 0 radical (unpaired) electrons. The molecule has 0 aliphatic carbocycles. The van der Waals surface area contributed by atoms with E-state index >= 15 is 0 Å². The fourth-order valence-electron chi connectivity index (χ4n) is 2.41. The van der Waals surface area contributed by atoms with Crippen LogP contribution in [-0.4, -0.2) is 37.7 Å². The molecule has 3 aromatic rings. The Bertz CT molecular complexity index is 1100. The molecule has 0 aliphatic heterocycles. The van der Waals surface area contributed by atoms with Crippen molar-refractivity contribution in [2.75, 3.05) is 16.7 Å². The second-order valence-electron chi connectivity index (χ2n) is 6.25. The Morgan fingerprint density at radius 1 is 1.14 bits per heavy atom. The summed E-state index contributed by atoms with van der Waals surface area (Å²) in [6.45, 7) is 3.47. The van der Waals surface area contributed by atoms with Gasteiger partial charge in [0.2, 0.25) is 5.13 Å². The van der Waals surface area contributed by atoms with Gasteiger partial charge in [-0.3, -0.25) is 14.4 Å². The van der Waals surface area contributed by atoms with E-state index in [9.17, 15) is 13.2 Å². The summed E-state index contributed by atoms with van der Waals surface area (Å²) in [5.41, 5.74) is 1.44. The molecule has 0 spiro atoms. The van der Waals surface area contributed by atoms with E-state index in [0.717, 1.165) is 21.2 Å². The molecule has 0 saturated carbocycles. The number of aromatic nitrogens is 2. The van der Waals surface area contributed by atoms with Gasteiger partial charge in [0, 0.05) is 7.05 Å². The Kier molecular flexibility index (Phi) is 6.14. The number of rotatable bonds is 7. The van der Waals surface area contributed by atoms with Crippen molar-refractivity contribution in [2.45, 2.75) is 24.3 Å². The summed E-state index contributed by atoms with van der Waals surface area (Å²) in [7, 11) is -2.45. The number of amides is 1. The molecule has 1 heterocycles. The number of hydrogen-bond acceptors (Lipinski definition) is 7. The number of benzene rings is 2. The van der Waals surface area contributed by atoms with Gasteiger partial charge in [-0.2, -0.15) is 8.42 Å². The SMILES string of the molecule is Cc1cccc(N(C)S(=O)(=O)c2nnc(NC(=O)[C@H](C)Oc3ccccc3)s2)c1. The monoisotopic (exact) mass is 432 g/mol. The molecule has 1 atom stereocenters. The van der Waals surface area contributed by atoms with Crippen LogP contribution in [0.5, 0.6) is 5.75 Å². The molecule has 0 unspecified atom stereocenters. The third kappa shape index (κ3) is 4.90. The van der Waals surface area contributed by atoms with E-state index in [4.69, 9.17) is 4.74 Å². The number of carbonyl (C=O) groups is 1. The Morgan fingerprint density at radius 2 is 1.86 bits per heavy atom. The molecule has 1 amide bonds. The van der Waals surface area contributed by atoms with Crippen LogP contribution in [0.25, 0.3) is 0 Å². The highest BCUT2D eigenvalue weighted by atomic mass is 32.2. The molecular weight excluding hydrogens is 412 g/mol. The Hall–Kier alpha value is -2.98. The summed E-state index contributed by atoms with van der Waals surface area (Å²) >= 11 is 0.780. The number of sulfonamides is 1. The Balaban J connectivity index is 1.70. The molecule has 1 aromatic heterocycles. The Labute approximate surface area is 173 Å². The molecule has 3 rings (SSSR count). The van der Waals surface area contributed by atoms with Crippen LogP contribution in [-0.2, 0) is 14.8 Å². The fourth-order valence-corrected chi connectivity index (χ4v) is 4.65. The zero-order valence-electron chi connectivity index (χ0n) is 16.1. The molecule has 10 heteroatoms. The lowest BCUT2D eigenvalue weighted by atomic mass is 10.2. The second kappa shape index (κ2) is 8.58. The van der Waals surface area contributed by atoms with Crippen molar-refractivity contribution in [2.24, 2.45) is 0 Å². The van der Waals surface area contributed by atoms with Gasteiger partial charge >= 0.3 is 0 Å². The van der Waals surface area contributed by atoms with Crippen LogP contribution in [0, 0.1) is 6.92 Å². The maximum atomic E-state index is 12.8. The summed E-state index contributed by atoms with van der Waals surface area (Å²) in [4.78, 5) is 12.3. The first-order chi connectivity index (χ1) is 13.8. The number of ether oxygens (including phenoxy) is 1. The third-order valence-electron chi connectivity index (χ3n) is 4.01. The summed E-state index contributed by atoms with van der Waals surface area (Å²) < 4.78 is 32.1. The summed E-state index contributed by atoms with van der Waals surface area (Å²) in [5, 5.41) is 10.1. The standard InChI is InChI=1S/C19H20N4O4S2/c1-13-8-7-9-15(12-13)23(3)29(25,26)19-22-21-18(28-19)20-17(24)14(2)27-16-10-5-4-6-11-16/h4-12,14H,1-3H3,(H,20,21,24)/t14-/m0/s1. The van der Waals surface area contributed by atoms with E-state index in [1.54, 1.807) is 49.4 Å². The maximum Gasteiger partial charge on any atom is 0.293 e. The lowest BCUT2D eigenvalue weighted by molar-refractivity contribution is -0.122. The van der Waals surface area contributed by atoms with Crippen molar-refractivity contribution in [1.29, 1.82) is 0 Å². The Morgan fingerprint density at radius 3 is 2.55 bits per heavy atom. The van der Waals surface area contributed by atoms with Crippen molar-refractivity contribution in [3.05, 3.63) is 60.2 Å². The third-order valence-corrected chi connectivity index (χ3v) is 6.98. The van der Waals surface area contributed by atoms with Crippen LogP contribution < -0.4 is 14.4 Å². The van der Waals surface area contributed by atoms with Crippen LogP contribution in [0.1, 0.15) is 12.5 Å². The minimum atomic E-state index is -3.90. The first-order valence-corrected chi connectivity index (χ1v) is 10.9. The topological polar surface area (TPSA) is 101 Å². The van der Waals surface area contributed by atoms with Gasteiger partial charge < -0.3 is 4.74 Å². The predicted octanol–water partition coefficient (Wildman–Crippen LogP) is 3.08. The van der Waals surface area contributed by atoms with Gasteiger partial charge in [-0.1, -0.05) is 41.7 Å². The quantitative estimate of drug-likeness (QED) is 0.576. The second-order valence-corrected chi connectivity index (χ2v) is 9.37. The zero-order valence-corrected chi connectivity index (χ0v) is 17.7. The number of hydrogen-bond donors (Lipinski definition) is 1. The van der Waals surface area contributed by atoms with Gasteiger partial charge in [-0.05, 0) is 43.7 Å². The van der Waals surface area contributed by atoms with E-state index in [1.165, 1.54) is 7.05 Å².